The van der Waals surface area contributed by atoms with E-state index in [4.69, 9.17) is 17.0 Å². The molecule has 1 aromatic heterocycles. The first-order valence-electron chi connectivity index (χ1n) is 6.54. The minimum Gasteiger partial charge on any atom is -0.494 e. The minimum atomic E-state index is 0.519. The number of methoxy groups -OCH3 is 1. The smallest absolute Gasteiger partial charge is 0.178 e. The normalized spacial score (nSPS) is 23.1. The van der Waals surface area contributed by atoms with E-state index in [0.29, 0.717) is 6.04 Å². The second-order valence-corrected chi connectivity index (χ2v) is 6.50. The summed E-state index contributed by atoms with van der Waals surface area (Å²) in [5, 5.41) is 0.766. The SMILES string of the molecule is COc1cccc2c1[nH]c(=S)n2C1CCC(SC)C1. The Balaban J connectivity index is 2.09. The van der Waals surface area contributed by atoms with Crippen LogP contribution in [0.1, 0.15) is 25.3 Å². The van der Waals surface area contributed by atoms with Gasteiger partial charge in [-0.15, -0.1) is 0 Å². The molecule has 1 aliphatic carbocycles. The monoisotopic (exact) mass is 294 g/mol. The Bertz CT molecular complexity index is 646. The third-order valence-electron chi connectivity index (χ3n) is 3.99. The lowest BCUT2D eigenvalue weighted by Crippen LogP contribution is -2.06. The summed E-state index contributed by atoms with van der Waals surface area (Å²) in [5.41, 5.74) is 2.18. The van der Waals surface area contributed by atoms with Crippen molar-refractivity contribution in [2.75, 3.05) is 13.4 Å². The van der Waals surface area contributed by atoms with Crippen LogP contribution in [-0.4, -0.2) is 28.2 Å². The topological polar surface area (TPSA) is 29.9 Å². The van der Waals surface area contributed by atoms with Crippen LogP contribution in [0.3, 0.4) is 0 Å². The molecule has 2 atom stereocenters. The van der Waals surface area contributed by atoms with Crippen LogP contribution in [0.5, 0.6) is 5.75 Å². The number of aromatic nitrogens is 2. The average Bonchev–Trinajstić information content (AvgIpc) is 3.00. The molecule has 2 aromatic rings. The van der Waals surface area contributed by atoms with Gasteiger partial charge in [-0.1, -0.05) is 6.07 Å². The Morgan fingerprint density at radius 2 is 2.26 bits per heavy atom. The van der Waals surface area contributed by atoms with Gasteiger partial charge in [-0.05, 0) is 49.9 Å². The summed E-state index contributed by atoms with van der Waals surface area (Å²) in [6, 6.07) is 6.64. The number of rotatable bonds is 3. The highest BCUT2D eigenvalue weighted by molar-refractivity contribution is 7.99. The summed E-state index contributed by atoms with van der Waals surface area (Å²) in [5.74, 6) is 0.863. The third kappa shape index (κ3) is 2.19. The number of fused-ring (bicyclic) bond motifs is 1. The van der Waals surface area contributed by atoms with Crippen molar-refractivity contribution in [3.8, 4) is 5.75 Å². The maximum Gasteiger partial charge on any atom is 0.178 e. The molecule has 0 aliphatic heterocycles. The first-order valence-corrected chi connectivity index (χ1v) is 8.24. The maximum atomic E-state index is 5.52. The summed E-state index contributed by atoms with van der Waals surface area (Å²) in [6.07, 6.45) is 5.90. The number of aromatic amines is 1. The van der Waals surface area contributed by atoms with Gasteiger partial charge in [0.15, 0.2) is 4.77 Å². The molecule has 1 N–H and O–H groups in total. The van der Waals surface area contributed by atoms with E-state index in [-0.39, 0.29) is 0 Å². The number of para-hydroxylation sites is 1. The molecule has 1 heterocycles. The quantitative estimate of drug-likeness (QED) is 0.862. The van der Waals surface area contributed by atoms with E-state index in [1.807, 2.05) is 23.9 Å². The van der Waals surface area contributed by atoms with E-state index in [0.717, 1.165) is 26.8 Å². The zero-order chi connectivity index (χ0) is 13.4. The largest absolute Gasteiger partial charge is 0.494 e. The summed E-state index contributed by atoms with van der Waals surface area (Å²) >= 11 is 7.49. The standard InChI is InChI=1S/C14H18N2OS2/c1-17-12-5-3-4-11-13(12)15-14(18)16(11)9-6-7-10(8-9)19-2/h3-5,9-10H,6-8H2,1-2H3,(H,15,18). The highest BCUT2D eigenvalue weighted by Gasteiger charge is 2.27. The lowest BCUT2D eigenvalue weighted by atomic mass is 10.2. The van der Waals surface area contributed by atoms with Gasteiger partial charge >= 0.3 is 0 Å². The van der Waals surface area contributed by atoms with Crippen LogP contribution < -0.4 is 4.74 Å². The molecule has 0 saturated heterocycles. The van der Waals surface area contributed by atoms with Crippen molar-refractivity contribution < 1.29 is 4.74 Å². The fraction of sp³-hybridized carbons (Fsp3) is 0.500. The molecule has 5 heteroatoms. The number of hydrogen-bond donors (Lipinski definition) is 1. The second-order valence-electron chi connectivity index (χ2n) is 4.98. The van der Waals surface area contributed by atoms with Crippen LogP contribution in [0, 0.1) is 4.77 Å². The zero-order valence-electron chi connectivity index (χ0n) is 11.2. The second kappa shape index (κ2) is 5.21. The van der Waals surface area contributed by atoms with E-state index in [1.165, 1.54) is 19.3 Å². The van der Waals surface area contributed by atoms with Crippen LogP contribution in [0.15, 0.2) is 18.2 Å². The van der Waals surface area contributed by atoms with Crippen molar-refractivity contribution in [3.63, 3.8) is 0 Å². The molecule has 1 aromatic carbocycles. The number of nitrogens with zero attached hydrogens (tertiary/aromatic N) is 1. The van der Waals surface area contributed by atoms with Crippen molar-refractivity contribution >= 4 is 35.0 Å². The Morgan fingerprint density at radius 3 is 2.95 bits per heavy atom. The molecular formula is C14H18N2OS2. The molecule has 3 rings (SSSR count). The fourth-order valence-corrected chi connectivity index (χ4v) is 4.16. The molecular weight excluding hydrogens is 276 g/mol. The minimum absolute atomic E-state index is 0.519. The van der Waals surface area contributed by atoms with E-state index in [1.54, 1.807) is 7.11 Å². The first-order chi connectivity index (χ1) is 9.24. The van der Waals surface area contributed by atoms with Gasteiger partial charge in [0.05, 0.1) is 12.6 Å². The van der Waals surface area contributed by atoms with Crippen molar-refractivity contribution in [1.29, 1.82) is 0 Å². The molecule has 3 nitrogen and oxygen atoms in total. The van der Waals surface area contributed by atoms with Crippen LogP contribution >= 0.6 is 24.0 Å². The van der Waals surface area contributed by atoms with Crippen LogP contribution in [-0.2, 0) is 0 Å². The average molecular weight is 294 g/mol. The molecule has 1 aliphatic rings. The van der Waals surface area contributed by atoms with Crippen molar-refractivity contribution in [2.24, 2.45) is 0 Å². The number of ether oxygens (including phenoxy) is 1. The molecule has 1 saturated carbocycles. The van der Waals surface area contributed by atoms with Gasteiger partial charge in [0, 0.05) is 11.3 Å². The fourth-order valence-electron chi connectivity index (χ4n) is 3.02. The van der Waals surface area contributed by atoms with E-state index < -0.39 is 0 Å². The molecule has 0 amide bonds. The predicted octanol–water partition coefficient (Wildman–Crippen LogP) is 4.16. The van der Waals surface area contributed by atoms with E-state index in [2.05, 4.69) is 21.9 Å². The number of imidazole rings is 1. The van der Waals surface area contributed by atoms with Crippen molar-refractivity contribution in [2.45, 2.75) is 30.6 Å². The number of H-pyrrole nitrogens is 1. The van der Waals surface area contributed by atoms with E-state index in [9.17, 15) is 0 Å². The van der Waals surface area contributed by atoms with Crippen LogP contribution in [0.25, 0.3) is 11.0 Å². The Hall–Kier alpha value is -0.940. The third-order valence-corrected chi connectivity index (χ3v) is 5.38. The van der Waals surface area contributed by atoms with Crippen molar-refractivity contribution in [1.82, 2.24) is 9.55 Å². The summed E-state index contributed by atoms with van der Waals surface area (Å²) in [6.45, 7) is 0. The summed E-state index contributed by atoms with van der Waals surface area (Å²) in [7, 11) is 1.70. The maximum absolute atomic E-state index is 5.52. The summed E-state index contributed by atoms with van der Waals surface area (Å²) < 4.78 is 8.50. The lowest BCUT2D eigenvalue weighted by Gasteiger charge is -2.13. The molecule has 0 radical (unpaired) electrons. The molecule has 19 heavy (non-hydrogen) atoms. The highest BCUT2D eigenvalue weighted by atomic mass is 32.2. The number of thioether (sulfide) groups is 1. The van der Waals surface area contributed by atoms with Gasteiger partial charge in [0.2, 0.25) is 0 Å². The van der Waals surface area contributed by atoms with Crippen LogP contribution in [0.2, 0.25) is 0 Å². The first kappa shape index (κ1) is 13.1. The lowest BCUT2D eigenvalue weighted by molar-refractivity contribution is 0.419. The Labute approximate surface area is 122 Å². The Morgan fingerprint density at radius 1 is 1.42 bits per heavy atom. The molecule has 2 unspecified atom stereocenters. The van der Waals surface area contributed by atoms with E-state index >= 15 is 0 Å². The van der Waals surface area contributed by atoms with Gasteiger partial charge in [-0.3, -0.25) is 0 Å². The number of hydrogen-bond acceptors (Lipinski definition) is 3. The predicted molar refractivity (Wildman–Crippen MR) is 83.9 cm³/mol. The van der Waals surface area contributed by atoms with Gasteiger partial charge < -0.3 is 14.3 Å². The van der Waals surface area contributed by atoms with Gasteiger partial charge in [-0.2, -0.15) is 11.8 Å². The van der Waals surface area contributed by atoms with Gasteiger partial charge in [-0.25, -0.2) is 0 Å². The molecule has 0 spiro atoms. The number of nitrogens with one attached hydrogen (secondary N) is 1. The van der Waals surface area contributed by atoms with Crippen LogP contribution in [0.4, 0.5) is 0 Å². The van der Waals surface area contributed by atoms with Gasteiger partial charge in [0.25, 0.3) is 0 Å². The molecule has 1 fully saturated rings. The summed E-state index contributed by atoms with van der Waals surface area (Å²) in [4.78, 5) is 3.30. The highest BCUT2D eigenvalue weighted by Crippen LogP contribution is 2.38. The molecule has 102 valence electrons. The number of benzene rings is 1. The molecule has 0 bridgehead atoms. The Kier molecular flexibility index (Phi) is 3.58. The van der Waals surface area contributed by atoms with Crippen molar-refractivity contribution in [3.05, 3.63) is 23.0 Å². The van der Waals surface area contributed by atoms with Gasteiger partial charge in [0.1, 0.15) is 11.3 Å². The zero-order valence-corrected chi connectivity index (χ0v) is 12.8.